The number of hydrogen-bond acceptors (Lipinski definition) is 4. The van der Waals surface area contributed by atoms with E-state index in [1.807, 2.05) is 0 Å². The molecule has 13 heavy (non-hydrogen) atoms. The van der Waals surface area contributed by atoms with Crippen molar-refractivity contribution in [1.82, 2.24) is 0 Å². The largest absolute Gasteiger partial charge is 0.356 e. The van der Waals surface area contributed by atoms with Crippen molar-refractivity contribution in [3.63, 3.8) is 0 Å². The molecule has 0 aliphatic heterocycles. The molecule has 1 atom stereocenters. The van der Waals surface area contributed by atoms with Gasteiger partial charge in [-0.15, -0.1) is 0 Å². The second-order valence-corrected chi connectivity index (χ2v) is 2.87. The highest BCUT2D eigenvalue weighted by Crippen LogP contribution is 2.13. The van der Waals surface area contributed by atoms with Crippen molar-refractivity contribution in [2.75, 3.05) is 14.2 Å². The second-order valence-electron chi connectivity index (χ2n) is 2.87. The average molecular weight is 185 g/mol. The van der Waals surface area contributed by atoms with E-state index in [2.05, 4.69) is 6.07 Å². The Kier molecular flexibility index (Phi) is 6.11. The molecule has 0 radical (unpaired) electrons. The van der Waals surface area contributed by atoms with Crippen LogP contribution in [-0.4, -0.2) is 26.3 Å². The number of hydrogen-bond donors (Lipinski definition) is 0. The predicted octanol–water partition coefficient (Wildman–Crippen LogP) is 1.11. The van der Waals surface area contributed by atoms with Crippen molar-refractivity contribution in [2.24, 2.45) is 5.92 Å². The number of nitrogens with zero attached hydrogens (tertiary/aromatic N) is 1. The molecule has 0 spiro atoms. The molecule has 0 saturated carbocycles. The van der Waals surface area contributed by atoms with Crippen LogP contribution in [0.1, 0.15) is 19.8 Å². The second kappa shape index (κ2) is 6.58. The van der Waals surface area contributed by atoms with E-state index < -0.39 is 6.29 Å². The van der Waals surface area contributed by atoms with Crippen LogP contribution >= 0.6 is 0 Å². The quantitative estimate of drug-likeness (QED) is 0.582. The lowest BCUT2D eigenvalue weighted by Crippen LogP contribution is -2.18. The molecule has 0 saturated heterocycles. The molecular weight excluding hydrogens is 170 g/mol. The normalized spacial score (nSPS) is 12.5. The summed E-state index contributed by atoms with van der Waals surface area (Å²) in [6, 6.07) is 2.05. The van der Waals surface area contributed by atoms with Gasteiger partial charge < -0.3 is 9.47 Å². The molecule has 0 rings (SSSR count). The fourth-order valence-electron chi connectivity index (χ4n) is 1.05. The lowest BCUT2D eigenvalue weighted by atomic mass is 10.0. The summed E-state index contributed by atoms with van der Waals surface area (Å²) in [6.45, 7) is 1.47. The fourth-order valence-corrected chi connectivity index (χ4v) is 1.05. The van der Waals surface area contributed by atoms with Crippen molar-refractivity contribution < 1.29 is 14.3 Å². The predicted molar refractivity (Wildman–Crippen MR) is 46.8 cm³/mol. The van der Waals surface area contributed by atoms with Crippen LogP contribution in [0.2, 0.25) is 0 Å². The van der Waals surface area contributed by atoms with Crippen LogP contribution in [0, 0.1) is 17.2 Å². The van der Waals surface area contributed by atoms with E-state index in [-0.39, 0.29) is 18.1 Å². The van der Waals surface area contributed by atoms with Gasteiger partial charge >= 0.3 is 0 Å². The summed E-state index contributed by atoms with van der Waals surface area (Å²) >= 11 is 0. The van der Waals surface area contributed by atoms with E-state index in [4.69, 9.17) is 14.7 Å². The van der Waals surface area contributed by atoms with Gasteiger partial charge in [0.1, 0.15) is 5.78 Å². The third kappa shape index (κ3) is 5.34. The minimum Gasteiger partial charge on any atom is -0.356 e. The minimum atomic E-state index is -0.399. The van der Waals surface area contributed by atoms with Crippen LogP contribution in [0.3, 0.4) is 0 Å². The molecule has 0 aliphatic carbocycles. The van der Waals surface area contributed by atoms with Gasteiger partial charge in [-0.1, -0.05) is 0 Å². The first-order chi connectivity index (χ1) is 6.13. The minimum absolute atomic E-state index is 0.0116. The smallest absolute Gasteiger partial charge is 0.158 e. The lowest BCUT2D eigenvalue weighted by Gasteiger charge is -2.15. The average Bonchev–Trinajstić information content (AvgIpc) is 2.11. The number of ketones is 1. The van der Waals surface area contributed by atoms with Gasteiger partial charge in [-0.05, 0) is 6.92 Å². The van der Waals surface area contributed by atoms with Crippen LogP contribution < -0.4 is 0 Å². The zero-order valence-electron chi connectivity index (χ0n) is 8.24. The number of methoxy groups -OCH3 is 2. The van der Waals surface area contributed by atoms with E-state index >= 15 is 0 Å². The molecule has 0 fully saturated rings. The first-order valence-electron chi connectivity index (χ1n) is 4.08. The zero-order valence-corrected chi connectivity index (χ0v) is 8.24. The van der Waals surface area contributed by atoms with Crippen LogP contribution in [0.25, 0.3) is 0 Å². The summed E-state index contributed by atoms with van der Waals surface area (Å²) in [5.41, 5.74) is 0. The molecule has 0 aliphatic rings. The third-order valence-corrected chi connectivity index (χ3v) is 1.72. The third-order valence-electron chi connectivity index (χ3n) is 1.72. The van der Waals surface area contributed by atoms with Gasteiger partial charge in [0.25, 0.3) is 0 Å². The van der Waals surface area contributed by atoms with Gasteiger partial charge in [0.2, 0.25) is 0 Å². The number of ether oxygens (including phenoxy) is 2. The van der Waals surface area contributed by atoms with Gasteiger partial charge in [0.15, 0.2) is 6.29 Å². The zero-order chi connectivity index (χ0) is 10.3. The van der Waals surface area contributed by atoms with Crippen molar-refractivity contribution in [2.45, 2.75) is 26.1 Å². The molecular formula is C9H15NO3. The molecule has 0 aromatic rings. The number of rotatable bonds is 6. The molecule has 0 amide bonds. The monoisotopic (exact) mass is 185 g/mol. The highest BCUT2D eigenvalue weighted by molar-refractivity contribution is 5.76. The van der Waals surface area contributed by atoms with Crippen molar-refractivity contribution >= 4 is 5.78 Å². The lowest BCUT2D eigenvalue weighted by molar-refractivity contribution is -0.121. The van der Waals surface area contributed by atoms with Crippen molar-refractivity contribution in [3.05, 3.63) is 0 Å². The van der Waals surface area contributed by atoms with E-state index in [1.165, 1.54) is 21.1 Å². The van der Waals surface area contributed by atoms with Crippen LogP contribution in [0.15, 0.2) is 0 Å². The summed E-state index contributed by atoms with van der Waals surface area (Å²) in [6.07, 6.45) is 0.298. The van der Waals surface area contributed by atoms with Crippen molar-refractivity contribution in [3.8, 4) is 6.07 Å². The van der Waals surface area contributed by atoms with Gasteiger partial charge in [-0.2, -0.15) is 5.26 Å². The summed E-state index contributed by atoms with van der Waals surface area (Å²) in [7, 11) is 3.02. The maximum Gasteiger partial charge on any atom is 0.158 e. The first kappa shape index (κ1) is 12.1. The topological polar surface area (TPSA) is 59.3 Å². The SMILES string of the molecule is COC(CC(C#N)CC(C)=O)OC. The molecule has 0 bridgehead atoms. The molecule has 1 unspecified atom stereocenters. The van der Waals surface area contributed by atoms with Crippen molar-refractivity contribution in [1.29, 1.82) is 5.26 Å². The maximum absolute atomic E-state index is 10.7. The molecule has 0 heterocycles. The number of carbonyl (C=O) groups is 1. The Balaban J connectivity index is 3.97. The van der Waals surface area contributed by atoms with E-state index in [1.54, 1.807) is 0 Å². The fraction of sp³-hybridized carbons (Fsp3) is 0.778. The summed E-state index contributed by atoms with van der Waals surface area (Å²) in [5.74, 6) is -0.306. The van der Waals surface area contributed by atoms with Gasteiger partial charge in [0.05, 0.1) is 12.0 Å². The Morgan fingerprint density at radius 2 is 2.00 bits per heavy atom. The molecule has 0 N–H and O–H groups in total. The van der Waals surface area contributed by atoms with Crippen LogP contribution in [0.4, 0.5) is 0 Å². The summed E-state index contributed by atoms with van der Waals surface area (Å²) in [5, 5.41) is 8.70. The highest BCUT2D eigenvalue weighted by atomic mass is 16.7. The molecule has 74 valence electrons. The standard InChI is InChI=1S/C9H15NO3/c1-7(11)4-8(6-10)5-9(12-2)13-3/h8-9H,4-5H2,1-3H3. The number of nitriles is 1. The molecule has 4 heteroatoms. The highest BCUT2D eigenvalue weighted by Gasteiger charge is 2.16. The Hall–Kier alpha value is -0.920. The van der Waals surface area contributed by atoms with Crippen LogP contribution in [-0.2, 0) is 14.3 Å². The number of Topliss-reactive ketones (excluding diaryl/α,β-unsaturated/α-hetero) is 1. The van der Waals surface area contributed by atoms with Gasteiger partial charge in [0, 0.05) is 27.1 Å². The number of carbonyl (C=O) groups excluding carboxylic acids is 1. The molecule has 0 aromatic heterocycles. The summed E-state index contributed by atoms with van der Waals surface area (Å²) < 4.78 is 9.86. The Bertz CT molecular complexity index is 194. The summed E-state index contributed by atoms with van der Waals surface area (Å²) in [4.78, 5) is 10.7. The van der Waals surface area contributed by atoms with E-state index in [0.717, 1.165) is 0 Å². The Labute approximate surface area is 78.4 Å². The Morgan fingerprint density at radius 1 is 1.46 bits per heavy atom. The van der Waals surface area contributed by atoms with Crippen LogP contribution in [0.5, 0.6) is 0 Å². The molecule has 0 aromatic carbocycles. The maximum atomic E-state index is 10.7. The van der Waals surface area contributed by atoms with E-state index in [9.17, 15) is 4.79 Å². The first-order valence-corrected chi connectivity index (χ1v) is 4.08. The Morgan fingerprint density at radius 3 is 2.31 bits per heavy atom. The van der Waals surface area contributed by atoms with Gasteiger partial charge in [-0.25, -0.2) is 0 Å². The van der Waals surface area contributed by atoms with E-state index in [0.29, 0.717) is 6.42 Å². The molecule has 4 nitrogen and oxygen atoms in total. The van der Waals surface area contributed by atoms with Gasteiger partial charge in [-0.3, -0.25) is 4.79 Å².